The number of nitro benzene ring substituents is 1. The maximum absolute atomic E-state index is 12.6. The van der Waals surface area contributed by atoms with Gasteiger partial charge in [-0.1, -0.05) is 0 Å². The Bertz CT molecular complexity index is 1030. The Morgan fingerprint density at radius 1 is 1.17 bits per heavy atom. The number of nitrogens with zero attached hydrogens (tertiary/aromatic N) is 1. The lowest BCUT2D eigenvalue weighted by atomic mass is 10.1. The number of methoxy groups -OCH3 is 1. The van der Waals surface area contributed by atoms with E-state index in [1.165, 1.54) is 24.5 Å². The van der Waals surface area contributed by atoms with Crippen LogP contribution in [-0.2, 0) is 6.54 Å². The summed E-state index contributed by atoms with van der Waals surface area (Å²) in [7, 11) is 1.53. The van der Waals surface area contributed by atoms with E-state index >= 15 is 0 Å². The molecule has 0 aliphatic heterocycles. The van der Waals surface area contributed by atoms with Crippen LogP contribution < -0.4 is 15.4 Å². The van der Waals surface area contributed by atoms with Crippen LogP contribution >= 0.6 is 11.3 Å². The normalized spacial score (nSPS) is 10.6. The summed E-state index contributed by atoms with van der Waals surface area (Å²) in [5.41, 5.74) is 1.08. The Morgan fingerprint density at radius 2 is 1.93 bits per heavy atom. The summed E-state index contributed by atoms with van der Waals surface area (Å²) in [4.78, 5) is 25.5. The van der Waals surface area contributed by atoms with Gasteiger partial charge in [0, 0.05) is 34.5 Å². The zero-order valence-electron chi connectivity index (χ0n) is 16.3. The molecule has 0 saturated carbocycles. The minimum absolute atomic E-state index is 0.0673. The largest absolute Gasteiger partial charge is 0.497 e. The molecule has 0 radical (unpaired) electrons. The van der Waals surface area contributed by atoms with Crippen LogP contribution in [0, 0.1) is 10.1 Å². The lowest BCUT2D eigenvalue weighted by Crippen LogP contribution is -2.16. The fourth-order valence-corrected chi connectivity index (χ4v) is 3.78. The highest BCUT2D eigenvalue weighted by Gasteiger charge is 2.18. The van der Waals surface area contributed by atoms with Crippen molar-refractivity contribution >= 4 is 28.6 Å². The number of anilines is 1. The maximum atomic E-state index is 12.6. The molecule has 0 spiro atoms. The van der Waals surface area contributed by atoms with Crippen LogP contribution in [0.25, 0.3) is 10.4 Å². The SMILES string of the molecule is COc1ccc(C(=O)Nc2cc(-c3ccc(CNCCO)s3)ccc2[N+](=O)[O-])cc1. The number of aliphatic hydroxyl groups is 1. The van der Waals surface area contributed by atoms with Crippen molar-refractivity contribution in [2.75, 3.05) is 25.6 Å². The first-order chi connectivity index (χ1) is 14.5. The minimum atomic E-state index is -0.522. The van der Waals surface area contributed by atoms with E-state index in [1.807, 2.05) is 12.1 Å². The fourth-order valence-electron chi connectivity index (χ4n) is 2.80. The molecule has 1 heterocycles. The lowest BCUT2D eigenvalue weighted by molar-refractivity contribution is -0.383. The maximum Gasteiger partial charge on any atom is 0.292 e. The third-order valence-corrected chi connectivity index (χ3v) is 5.46. The van der Waals surface area contributed by atoms with Crippen molar-refractivity contribution in [3.05, 3.63) is 75.2 Å². The van der Waals surface area contributed by atoms with E-state index < -0.39 is 10.8 Å². The van der Waals surface area contributed by atoms with Crippen molar-refractivity contribution in [3.63, 3.8) is 0 Å². The van der Waals surface area contributed by atoms with E-state index in [-0.39, 0.29) is 18.0 Å². The molecule has 0 unspecified atom stereocenters. The summed E-state index contributed by atoms with van der Waals surface area (Å²) in [6.45, 7) is 1.20. The van der Waals surface area contributed by atoms with Gasteiger partial charge in [0.25, 0.3) is 11.6 Å². The van der Waals surface area contributed by atoms with Gasteiger partial charge in [-0.25, -0.2) is 0 Å². The third-order valence-electron chi connectivity index (χ3n) is 4.33. The standard InChI is InChI=1S/C21H21N3O5S/c1-29-16-5-2-14(3-6-16)21(26)23-18-12-15(4-8-19(18)24(27)28)20-9-7-17(30-20)13-22-10-11-25/h2-9,12,22,25H,10-11,13H2,1H3,(H,23,26). The van der Waals surface area contributed by atoms with Crippen LogP contribution in [0.1, 0.15) is 15.2 Å². The number of carbonyl (C=O) groups is 1. The number of aliphatic hydroxyl groups excluding tert-OH is 1. The quantitative estimate of drug-likeness (QED) is 0.273. The molecule has 1 amide bonds. The van der Waals surface area contributed by atoms with Crippen LogP contribution in [0.3, 0.4) is 0 Å². The Balaban J connectivity index is 1.84. The Kier molecular flexibility index (Phi) is 7.12. The molecular weight excluding hydrogens is 406 g/mol. The van der Waals surface area contributed by atoms with Crippen molar-refractivity contribution < 1.29 is 19.6 Å². The van der Waals surface area contributed by atoms with Gasteiger partial charge in [0.2, 0.25) is 0 Å². The molecule has 8 nitrogen and oxygen atoms in total. The molecule has 3 N–H and O–H groups in total. The van der Waals surface area contributed by atoms with Gasteiger partial charge in [-0.15, -0.1) is 11.3 Å². The van der Waals surface area contributed by atoms with Crippen molar-refractivity contribution in [3.8, 4) is 16.2 Å². The molecule has 0 aliphatic carbocycles. The number of hydrogen-bond donors (Lipinski definition) is 3. The Hall–Kier alpha value is -3.27. The van der Waals surface area contributed by atoms with E-state index in [1.54, 1.807) is 36.4 Å². The number of thiophene rings is 1. The molecule has 3 rings (SSSR count). The third kappa shape index (κ3) is 5.20. The summed E-state index contributed by atoms with van der Waals surface area (Å²) in [6, 6.07) is 15.0. The fraction of sp³-hybridized carbons (Fsp3) is 0.190. The van der Waals surface area contributed by atoms with Gasteiger partial charge in [-0.05, 0) is 54.1 Å². The number of carbonyl (C=O) groups excluding carboxylic acids is 1. The molecule has 0 saturated heterocycles. The van der Waals surface area contributed by atoms with E-state index in [2.05, 4.69) is 10.6 Å². The summed E-state index contributed by atoms with van der Waals surface area (Å²) in [6.07, 6.45) is 0. The van der Waals surface area contributed by atoms with Crippen LogP contribution in [-0.4, -0.2) is 36.2 Å². The van der Waals surface area contributed by atoms with Gasteiger partial charge in [-0.2, -0.15) is 0 Å². The van der Waals surface area contributed by atoms with Crippen molar-refractivity contribution in [2.45, 2.75) is 6.54 Å². The average molecular weight is 427 g/mol. The van der Waals surface area contributed by atoms with Gasteiger partial charge in [0.1, 0.15) is 11.4 Å². The topological polar surface area (TPSA) is 114 Å². The number of hydrogen-bond acceptors (Lipinski definition) is 7. The second kappa shape index (κ2) is 9.97. The molecule has 2 aromatic carbocycles. The lowest BCUT2D eigenvalue weighted by Gasteiger charge is -2.08. The first-order valence-corrected chi connectivity index (χ1v) is 9.98. The summed E-state index contributed by atoms with van der Waals surface area (Å²) >= 11 is 1.54. The molecule has 0 fully saturated rings. The van der Waals surface area contributed by atoms with Crippen molar-refractivity contribution in [2.24, 2.45) is 0 Å². The van der Waals surface area contributed by atoms with E-state index in [0.717, 1.165) is 15.3 Å². The highest BCUT2D eigenvalue weighted by molar-refractivity contribution is 7.15. The highest BCUT2D eigenvalue weighted by Crippen LogP contribution is 2.34. The van der Waals surface area contributed by atoms with Crippen LogP contribution in [0.15, 0.2) is 54.6 Å². The Labute approximate surface area is 177 Å². The predicted octanol–water partition coefficient (Wildman–Crippen LogP) is 3.67. The Morgan fingerprint density at radius 3 is 2.60 bits per heavy atom. The number of nitro groups is 1. The number of rotatable bonds is 9. The zero-order valence-corrected chi connectivity index (χ0v) is 17.1. The van der Waals surface area contributed by atoms with E-state index in [4.69, 9.17) is 9.84 Å². The first kappa shape index (κ1) is 21.4. The van der Waals surface area contributed by atoms with Crippen molar-refractivity contribution in [1.29, 1.82) is 0 Å². The molecule has 0 aliphatic rings. The minimum Gasteiger partial charge on any atom is -0.497 e. The summed E-state index contributed by atoms with van der Waals surface area (Å²) in [5, 5.41) is 26.0. The van der Waals surface area contributed by atoms with Gasteiger partial charge in [-0.3, -0.25) is 14.9 Å². The van der Waals surface area contributed by atoms with Crippen LogP contribution in [0.5, 0.6) is 5.75 Å². The molecule has 0 bridgehead atoms. The predicted molar refractivity (Wildman–Crippen MR) is 116 cm³/mol. The van der Waals surface area contributed by atoms with Crippen molar-refractivity contribution in [1.82, 2.24) is 5.32 Å². The van der Waals surface area contributed by atoms with Gasteiger partial charge < -0.3 is 20.5 Å². The van der Waals surface area contributed by atoms with E-state index in [0.29, 0.717) is 24.4 Å². The highest BCUT2D eigenvalue weighted by atomic mass is 32.1. The van der Waals surface area contributed by atoms with E-state index in [9.17, 15) is 14.9 Å². The number of nitrogens with one attached hydrogen (secondary N) is 2. The molecule has 9 heteroatoms. The monoisotopic (exact) mass is 427 g/mol. The van der Waals surface area contributed by atoms with Crippen LogP contribution in [0.2, 0.25) is 0 Å². The van der Waals surface area contributed by atoms with Gasteiger partial charge in [0.05, 0.1) is 18.6 Å². The summed E-state index contributed by atoms with van der Waals surface area (Å²) < 4.78 is 5.08. The number of benzene rings is 2. The number of amides is 1. The molecular formula is C21H21N3O5S. The molecule has 0 atom stereocenters. The first-order valence-electron chi connectivity index (χ1n) is 9.16. The average Bonchev–Trinajstić information content (AvgIpc) is 3.22. The smallest absolute Gasteiger partial charge is 0.292 e. The second-order valence-corrected chi connectivity index (χ2v) is 7.51. The van der Waals surface area contributed by atoms with Gasteiger partial charge in [0.15, 0.2) is 0 Å². The van der Waals surface area contributed by atoms with Gasteiger partial charge >= 0.3 is 0 Å². The molecule has 1 aromatic heterocycles. The molecule has 156 valence electrons. The van der Waals surface area contributed by atoms with Crippen LogP contribution in [0.4, 0.5) is 11.4 Å². The number of ether oxygens (including phenoxy) is 1. The molecule has 30 heavy (non-hydrogen) atoms. The molecule has 3 aromatic rings. The zero-order chi connectivity index (χ0) is 21.5. The summed E-state index contributed by atoms with van der Waals surface area (Å²) in [5.74, 6) is 0.166. The second-order valence-electron chi connectivity index (χ2n) is 6.34.